The van der Waals surface area contributed by atoms with E-state index in [2.05, 4.69) is 27.3 Å². The Balaban J connectivity index is 1.58. The van der Waals surface area contributed by atoms with Gasteiger partial charge < -0.3 is 10.1 Å². The molecule has 0 saturated carbocycles. The van der Waals surface area contributed by atoms with Crippen LogP contribution in [0.3, 0.4) is 0 Å². The van der Waals surface area contributed by atoms with E-state index in [1.54, 1.807) is 0 Å². The van der Waals surface area contributed by atoms with Crippen LogP contribution in [-0.4, -0.2) is 42.9 Å². The summed E-state index contributed by atoms with van der Waals surface area (Å²) in [6.45, 7) is 0.728. The SMILES string of the molecule is Fc1ccc(Br)c(F)c1C1C2Nc3ccccc3C2CCN1CC1(F)COC1. The summed E-state index contributed by atoms with van der Waals surface area (Å²) in [6.07, 6.45) is 0.805. The second-order valence-electron chi connectivity index (χ2n) is 7.97. The van der Waals surface area contributed by atoms with Crippen LogP contribution in [0.5, 0.6) is 0 Å². The van der Waals surface area contributed by atoms with E-state index in [9.17, 15) is 8.78 Å². The van der Waals surface area contributed by atoms with Crippen LogP contribution in [-0.2, 0) is 4.74 Å². The van der Waals surface area contributed by atoms with E-state index >= 15 is 4.39 Å². The highest BCUT2D eigenvalue weighted by atomic mass is 79.9. The number of rotatable bonds is 3. The average Bonchev–Trinajstić information content (AvgIpc) is 3.04. The van der Waals surface area contributed by atoms with Crippen molar-refractivity contribution in [1.82, 2.24) is 4.90 Å². The molecule has 3 heterocycles. The Kier molecular flexibility index (Phi) is 4.45. The number of alkyl halides is 1. The maximum atomic E-state index is 15.1. The zero-order valence-electron chi connectivity index (χ0n) is 15.1. The van der Waals surface area contributed by atoms with E-state index in [1.807, 2.05) is 23.1 Å². The lowest BCUT2D eigenvalue weighted by Gasteiger charge is -2.47. The van der Waals surface area contributed by atoms with Crippen molar-refractivity contribution in [2.75, 3.05) is 31.6 Å². The summed E-state index contributed by atoms with van der Waals surface area (Å²) in [5.74, 6) is -1.10. The van der Waals surface area contributed by atoms with Crippen molar-refractivity contribution in [2.24, 2.45) is 0 Å². The molecule has 0 spiro atoms. The first-order chi connectivity index (χ1) is 13.5. The van der Waals surface area contributed by atoms with Gasteiger partial charge in [0.05, 0.1) is 29.8 Å². The van der Waals surface area contributed by atoms with Crippen molar-refractivity contribution >= 4 is 21.6 Å². The number of fused-ring (bicyclic) bond motifs is 3. The summed E-state index contributed by atoms with van der Waals surface area (Å²) >= 11 is 3.18. The van der Waals surface area contributed by atoms with Gasteiger partial charge in [-0.2, -0.15) is 0 Å². The molecule has 5 rings (SSSR count). The second kappa shape index (κ2) is 6.75. The number of ether oxygens (including phenoxy) is 1. The van der Waals surface area contributed by atoms with Gasteiger partial charge in [-0.3, -0.25) is 4.90 Å². The Hall–Kier alpha value is -1.57. The number of halogens is 4. The van der Waals surface area contributed by atoms with Gasteiger partial charge in [-0.05, 0) is 52.7 Å². The molecule has 2 saturated heterocycles. The molecular formula is C21H20BrF3N2O. The number of hydrogen-bond acceptors (Lipinski definition) is 3. The van der Waals surface area contributed by atoms with Crippen LogP contribution < -0.4 is 5.32 Å². The van der Waals surface area contributed by atoms with Gasteiger partial charge in [-0.1, -0.05) is 18.2 Å². The zero-order valence-corrected chi connectivity index (χ0v) is 16.7. The first-order valence-corrected chi connectivity index (χ1v) is 10.3. The molecule has 7 heteroatoms. The lowest BCUT2D eigenvalue weighted by molar-refractivity contribution is -0.147. The Morgan fingerprint density at radius 1 is 1.18 bits per heavy atom. The fraction of sp³-hybridized carbons (Fsp3) is 0.429. The molecule has 2 aromatic carbocycles. The molecular weight excluding hydrogens is 433 g/mol. The monoisotopic (exact) mass is 452 g/mol. The van der Waals surface area contributed by atoms with Gasteiger partial charge in [0.2, 0.25) is 0 Å². The lowest BCUT2D eigenvalue weighted by Crippen LogP contribution is -2.58. The fourth-order valence-electron chi connectivity index (χ4n) is 4.86. The molecule has 0 bridgehead atoms. The number of nitrogens with one attached hydrogen (secondary N) is 1. The summed E-state index contributed by atoms with van der Waals surface area (Å²) in [6, 6.07) is 9.76. The Morgan fingerprint density at radius 2 is 1.96 bits per heavy atom. The van der Waals surface area contributed by atoms with Crippen LogP contribution in [0.2, 0.25) is 0 Å². The van der Waals surface area contributed by atoms with Crippen LogP contribution >= 0.6 is 15.9 Å². The average molecular weight is 453 g/mol. The molecule has 1 N–H and O–H groups in total. The highest BCUT2D eigenvalue weighted by Gasteiger charge is 2.49. The molecule has 2 aromatic rings. The number of likely N-dealkylation sites (tertiary alicyclic amines) is 1. The molecule has 28 heavy (non-hydrogen) atoms. The van der Waals surface area contributed by atoms with E-state index in [0.717, 1.165) is 17.7 Å². The van der Waals surface area contributed by atoms with E-state index in [4.69, 9.17) is 4.74 Å². The van der Waals surface area contributed by atoms with Crippen molar-refractivity contribution in [2.45, 2.75) is 30.1 Å². The summed E-state index contributed by atoms with van der Waals surface area (Å²) < 4.78 is 50.1. The van der Waals surface area contributed by atoms with Crippen LogP contribution in [0.25, 0.3) is 0 Å². The Bertz CT molecular complexity index is 921. The first-order valence-electron chi connectivity index (χ1n) is 9.46. The van der Waals surface area contributed by atoms with Crippen molar-refractivity contribution in [3.8, 4) is 0 Å². The minimum absolute atomic E-state index is 0.00628. The van der Waals surface area contributed by atoms with Crippen LogP contribution in [0.4, 0.5) is 18.9 Å². The summed E-state index contributed by atoms with van der Waals surface area (Å²) in [5.41, 5.74) is 0.681. The van der Waals surface area contributed by atoms with Crippen molar-refractivity contribution < 1.29 is 17.9 Å². The predicted molar refractivity (Wildman–Crippen MR) is 104 cm³/mol. The minimum Gasteiger partial charge on any atom is -0.380 e. The fourth-order valence-corrected chi connectivity index (χ4v) is 5.21. The smallest absolute Gasteiger partial charge is 0.169 e. The third-order valence-corrected chi connectivity index (χ3v) is 6.77. The normalized spacial score (nSPS) is 28.2. The standard InChI is InChI=1S/C21H20BrF3N2O/c22-14-5-6-15(23)17(18(14)24)20-19-13(12-3-1-2-4-16(12)26-19)7-8-27(20)9-21(25)10-28-11-21/h1-6,13,19-20,26H,7-11H2. The van der Waals surface area contributed by atoms with Gasteiger partial charge in [0.25, 0.3) is 0 Å². The quantitative estimate of drug-likeness (QED) is 0.677. The van der Waals surface area contributed by atoms with Crippen molar-refractivity contribution in [3.63, 3.8) is 0 Å². The molecule has 148 valence electrons. The van der Waals surface area contributed by atoms with E-state index in [1.165, 1.54) is 12.1 Å². The molecule has 0 aliphatic carbocycles. The van der Waals surface area contributed by atoms with E-state index in [0.29, 0.717) is 6.54 Å². The zero-order chi connectivity index (χ0) is 19.5. The van der Waals surface area contributed by atoms with Gasteiger partial charge in [0, 0.05) is 23.7 Å². The molecule has 0 aromatic heterocycles. The number of para-hydroxylation sites is 1. The van der Waals surface area contributed by atoms with Crippen molar-refractivity contribution in [1.29, 1.82) is 0 Å². The van der Waals surface area contributed by atoms with Crippen LogP contribution in [0, 0.1) is 11.6 Å². The van der Waals surface area contributed by atoms with Gasteiger partial charge in [-0.15, -0.1) is 0 Å². The first kappa shape index (κ1) is 18.5. The van der Waals surface area contributed by atoms with Gasteiger partial charge in [0.1, 0.15) is 11.6 Å². The maximum absolute atomic E-state index is 15.1. The largest absolute Gasteiger partial charge is 0.380 e. The topological polar surface area (TPSA) is 24.5 Å². The Morgan fingerprint density at radius 3 is 2.71 bits per heavy atom. The third-order valence-electron chi connectivity index (χ3n) is 6.16. The Labute approximate surface area is 170 Å². The predicted octanol–water partition coefficient (Wildman–Crippen LogP) is 4.79. The van der Waals surface area contributed by atoms with Crippen molar-refractivity contribution in [3.05, 3.63) is 63.6 Å². The summed E-state index contributed by atoms with van der Waals surface area (Å²) in [7, 11) is 0. The van der Waals surface area contributed by atoms with Crippen LogP contribution in [0.1, 0.15) is 29.5 Å². The summed E-state index contributed by atoms with van der Waals surface area (Å²) in [5, 5.41) is 3.47. The molecule has 0 amide bonds. The minimum atomic E-state index is -1.46. The lowest BCUT2D eigenvalue weighted by atomic mass is 9.80. The number of anilines is 1. The molecule has 3 unspecified atom stereocenters. The van der Waals surface area contributed by atoms with Gasteiger partial charge in [0.15, 0.2) is 5.67 Å². The molecule has 3 aliphatic rings. The molecule has 3 nitrogen and oxygen atoms in total. The number of hydrogen-bond donors (Lipinski definition) is 1. The molecule has 0 radical (unpaired) electrons. The van der Waals surface area contributed by atoms with Gasteiger partial charge >= 0.3 is 0 Å². The number of nitrogens with zero attached hydrogens (tertiary/aromatic N) is 1. The van der Waals surface area contributed by atoms with E-state index < -0.39 is 23.3 Å². The van der Waals surface area contributed by atoms with Gasteiger partial charge in [-0.25, -0.2) is 13.2 Å². The third kappa shape index (κ3) is 2.86. The maximum Gasteiger partial charge on any atom is 0.169 e. The summed E-state index contributed by atoms with van der Waals surface area (Å²) in [4.78, 5) is 1.89. The molecule has 3 aliphatic heterocycles. The highest BCUT2D eigenvalue weighted by molar-refractivity contribution is 9.10. The highest BCUT2D eigenvalue weighted by Crippen LogP contribution is 2.49. The second-order valence-corrected chi connectivity index (χ2v) is 8.82. The number of benzene rings is 2. The molecule has 3 atom stereocenters. The number of piperidine rings is 1. The van der Waals surface area contributed by atoms with Crippen LogP contribution in [0.15, 0.2) is 40.9 Å². The molecule has 2 fully saturated rings. The van der Waals surface area contributed by atoms with E-state index in [-0.39, 0.29) is 41.8 Å².